The maximum Gasteiger partial charge on any atom is 0.225 e. The molecule has 6 nitrogen and oxygen atoms in total. The minimum Gasteiger partial charge on any atom is -0.474 e. The van der Waals surface area contributed by atoms with Crippen molar-refractivity contribution in [3.05, 3.63) is 16.8 Å². The Morgan fingerprint density at radius 2 is 2.07 bits per heavy atom. The second-order valence-electron chi connectivity index (χ2n) is 8.49. The summed E-state index contributed by atoms with van der Waals surface area (Å²) in [5.41, 5.74) is 6.99. The highest BCUT2D eigenvalue weighted by Crippen LogP contribution is 2.47. The third-order valence-corrected chi connectivity index (χ3v) is 8.06. The predicted molar refractivity (Wildman–Crippen MR) is 112 cm³/mol. The third kappa shape index (κ3) is 3.39. The molecule has 4 rings (SSSR count). The number of aryl methyl sites for hydroxylation is 1. The van der Waals surface area contributed by atoms with Gasteiger partial charge in [-0.3, -0.25) is 4.79 Å². The first-order valence-electron chi connectivity index (χ1n) is 10.3. The number of carbonyl (C=O) groups excluding carboxylic acids is 1. The van der Waals surface area contributed by atoms with Crippen molar-refractivity contribution >= 4 is 27.5 Å². The molecule has 0 saturated heterocycles. The van der Waals surface area contributed by atoms with E-state index in [1.54, 1.807) is 17.7 Å². The highest BCUT2D eigenvalue weighted by molar-refractivity contribution is 7.19. The van der Waals surface area contributed by atoms with Gasteiger partial charge < -0.3 is 15.4 Å². The number of hydrogen-bond donors (Lipinski definition) is 1. The van der Waals surface area contributed by atoms with E-state index in [4.69, 9.17) is 10.5 Å². The smallest absolute Gasteiger partial charge is 0.225 e. The van der Waals surface area contributed by atoms with Crippen LogP contribution in [-0.4, -0.2) is 46.5 Å². The average molecular weight is 403 g/mol. The summed E-state index contributed by atoms with van der Waals surface area (Å²) in [5, 5.41) is 1.02. The molecule has 7 heteroatoms. The topological polar surface area (TPSA) is 81.3 Å². The van der Waals surface area contributed by atoms with E-state index in [-0.39, 0.29) is 23.5 Å². The van der Waals surface area contributed by atoms with E-state index < -0.39 is 0 Å². The van der Waals surface area contributed by atoms with Crippen molar-refractivity contribution in [2.24, 2.45) is 5.73 Å². The van der Waals surface area contributed by atoms with E-state index in [2.05, 4.69) is 35.9 Å². The van der Waals surface area contributed by atoms with Gasteiger partial charge in [-0.1, -0.05) is 6.92 Å². The minimum absolute atomic E-state index is 0.169. The molecule has 0 spiro atoms. The molecule has 2 aliphatic rings. The van der Waals surface area contributed by atoms with Crippen LogP contribution < -0.4 is 10.5 Å². The summed E-state index contributed by atoms with van der Waals surface area (Å²) < 4.78 is 6.44. The summed E-state index contributed by atoms with van der Waals surface area (Å²) in [6, 6.07) is 0. The van der Waals surface area contributed by atoms with Crippen LogP contribution in [0.2, 0.25) is 0 Å². The molecule has 0 unspecified atom stereocenters. The molecule has 2 aromatic heterocycles. The number of thiophene rings is 1. The van der Waals surface area contributed by atoms with E-state index >= 15 is 0 Å². The van der Waals surface area contributed by atoms with Crippen LogP contribution in [0.5, 0.6) is 5.88 Å². The van der Waals surface area contributed by atoms with Gasteiger partial charge in [-0.15, -0.1) is 11.3 Å². The minimum atomic E-state index is -0.247. The molecule has 28 heavy (non-hydrogen) atoms. The van der Waals surface area contributed by atoms with Crippen molar-refractivity contribution in [2.45, 2.75) is 75.9 Å². The average Bonchev–Trinajstić information content (AvgIpc) is 3.22. The Morgan fingerprint density at radius 3 is 2.71 bits per heavy atom. The van der Waals surface area contributed by atoms with Crippen LogP contribution in [0.25, 0.3) is 10.2 Å². The van der Waals surface area contributed by atoms with Gasteiger partial charge in [0.05, 0.1) is 5.39 Å². The van der Waals surface area contributed by atoms with Crippen molar-refractivity contribution in [3.8, 4) is 5.88 Å². The molecule has 1 amide bonds. The van der Waals surface area contributed by atoms with Crippen molar-refractivity contribution in [1.82, 2.24) is 14.9 Å². The largest absolute Gasteiger partial charge is 0.474 e. The van der Waals surface area contributed by atoms with Crippen molar-refractivity contribution in [3.63, 3.8) is 0 Å². The quantitative estimate of drug-likeness (QED) is 0.798. The van der Waals surface area contributed by atoms with E-state index in [9.17, 15) is 4.79 Å². The number of nitrogens with two attached hydrogens (primary N) is 1. The predicted octanol–water partition coefficient (Wildman–Crippen LogP) is 3.63. The maximum atomic E-state index is 11.5. The van der Waals surface area contributed by atoms with E-state index in [1.165, 1.54) is 10.4 Å². The summed E-state index contributed by atoms with van der Waals surface area (Å²) in [7, 11) is 4.37. The summed E-state index contributed by atoms with van der Waals surface area (Å²) in [4.78, 5) is 25.2. The lowest BCUT2D eigenvalue weighted by Gasteiger charge is -2.44. The number of ether oxygens (including phenoxy) is 1. The lowest BCUT2D eigenvalue weighted by molar-refractivity contribution is -0.118. The maximum absolute atomic E-state index is 11.5. The van der Waals surface area contributed by atoms with Gasteiger partial charge in [-0.2, -0.15) is 0 Å². The Balaban J connectivity index is 1.58. The van der Waals surface area contributed by atoms with Crippen LogP contribution in [-0.2, 0) is 11.2 Å². The molecule has 2 heterocycles. The van der Waals surface area contributed by atoms with E-state index in [1.807, 2.05) is 0 Å². The summed E-state index contributed by atoms with van der Waals surface area (Å²) in [6.07, 6.45) is 9.65. The van der Waals surface area contributed by atoms with Crippen LogP contribution in [0.4, 0.5) is 0 Å². The van der Waals surface area contributed by atoms with E-state index in [0.717, 1.165) is 55.2 Å². The molecular formula is C21H30N4O2S. The Hall–Kier alpha value is -1.73. The third-order valence-electron chi connectivity index (χ3n) is 6.89. The second-order valence-corrected chi connectivity index (χ2v) is 9.58. The Kier molecular flexibility index (Phi) is 5.31. The zero-order valence-electron chi connectivity index (χ0n) is 17.0. The Bertz CT molecular complexity index is 871. The molecule has 1 saturated carbocycles. The van der Waals surface area contributed by atoms with Crippen LogP contribution in [0.15, 0.2) is 6.33 Å². The molecule has 0 radical (unpaired) electrons. The van der Waals surface area contributed by atoms with E-state index in [0.29, 0.717) is 12.3 Å². The monoisotopic (exact) mass is 402 g/mol. The molecular weight excluding hydrogens is 372 g/mol. The molecule has 152 valence electrons. The zero-order chi connectivity index (χ0) is 19.9. The second kappa shape index (κ2) is 7.59. The van der Waals surface area contributed by atoms with Gasteiger partial charge in [0.25, 0.3) is 0 Å². The molecule has 0 aromatic carbocycles. The van der Waals surface area contributed by atoms with Gasteiger partial charge in [0.1, 0.15) is 17.3 Å². The molecule has 2 N–H and O–H groups in total. The Labute approximate surface area is 170 Å². The molecule has 2 aliphatic carbocycles. The van der Waals surface area contributed by atoms with Gasteiger partial charge in [-0.25, -0.2) is 9.97 Å². The molecule has 1 fully saturated rings. The van der Waals surface area contributed by atoms with Crippen LogP contribution in [0.3, 0.4) is 0 Å². The molecule has 0 bridgehead atoms. The van der Waals surface area contributed by atoms with Crippen molar-refractivity contribution in [2.75, 3.05) is 14.1 Å². The van der Waals surface area contributed by atoms with Gasteiger partial charge >= 0.3 is 0 Å². The highest BCUT2D eigenvalue weighted by Gasteiger charge is 2.37. The standard InChI is InChI=1S/C21H30N4O2S/c1-4-21(25(2)3)9-7-14(8-10-21)27-19-18-17-13(11-16(22)26)5-6-15(17)28-20(18)24-12-23-19/h12-14H,4-11H2,1-3H3,(H2,22,26)/t13-,14-,21-/m1/s1. The Morgan fingerprint density at radius 1 is 1.32 bits per heavy atom. The first kappa shape index (κ1) is 19.6. The summed E-state index contributed by atoms with van der Waals surface area (Å²) >= 11 is 1.71. The molecule has 1 atom stereocenters. The number of carbonyl (C=O) groups is 1. The van der Waals surface area contributed by atoms with Crippen LogP contribution in [0.1, 0.15) is 68.2 Å². The SMILES string of the molecule is CC[C@]1(N(C)C)CC[C@H](Oc2ncnc3sc4c(c23)[C@@H](CC(N)=O)CC4)CC1. The highest BCUT2D eigenvalue weighted by atomic mass is 32.1. The number of fused-ring (bicyclic) bond motifs is 3. The fourth-order valence-corrected chi connectivity index (χ4v) is 6.33. The summed E-state index contributed by atoms with van der Waals surface area (Å²) in [5.74, 6) is 0.614. The lowest BCUT2D eigenvalue weighted by Crippen LogP contribution is -2.48. The summed E-state index contributed by atoms with van der Waals surface area (Å²) in [6.45, 7) is 2.28. The first-order valence-corrected chi connectivity index (χ1v) is 11.1. The molecule has 2 aromatic rings. The van der Waals surface area contributed by atoms with Gasteiger partial charge in [0, 0.05) is 16.8 Å². The van der Waals surface area contributed by atoms with Crippen LogP contribution >= 0.6 is 11.3 Å². The van der Waals surface area contributed by atoms with Gasteiger partial charge in [0.2, 0.25) is 11.8 Å². The number of amides is 1. The first-order chi connectivity index (χ1) is 13.4. The van der Waals surface area contributed by atoms with Crippen molar-refractivity contribution < 1.29 is 9.53 Å². The number of primary amides is 1. The molecule has 0 aliphatic heterocycles. The number of rotatable bonds is 6. The number of hydrogen-bond acceptors (Lipinski definition) is 6. The van der Waals surface area contributed by atoms with Gasteiger partial charge in [0.15, 0.2) is 0 Å². The van der Waals surface area contributed by atoms with Crippen molar-refractivity contribution in [1.29, 1.82) is 0 Å². The zero-order valence-corrected chi connectivity index (χ0v) is 17.8. The number of nitrogens with zero attached hydrogens (tertiary/aromatic N) is 3. The van der Waals surface area contributed by atoms with Gasteiger partial charge in [-0.05, 0) is 70.5 Å². The normalized spacial score (nSPS) is 27.3. The number of aromatic nitrogens is 2. The fraction of sp³-hybridized carbons (Fsp3) is 0.667. The lowest BCUT2D eigenvalue weighted by atomic mass is 9.77. The fourth-order valence-electron chi connectivity index (χ4n) is 5.10. The van der Waals surface area contributed by atoms with Crippen LogP contribution in [0, 0.1) is 0 Å².